The highest BCUT2D eigenvalue weighted by Crippen LogP contribution is 2.43. The van der Waals surface area contributed by atoms with Crippen molar-refractivity contribution in [2.45, 2.75) is 18.4 Å². The zero-order valence-corrected chi connectivity index (χ0v) is 9.76. The van der Waals surface area contributed by atoms with Crippen molar-refractivity contribution in [1.29, 1.82) is 0 Å². The molecule has 0 aliphatic heterocycles. The fourth-order valence-corrected chi connectivity index (χ4v) is 2.07. The van der Waals surface area contributed by atoms with Gasteiger partial charge in [0.2, 0.25) is 0 Å². The highest BCUT2D eigenvalue weighted by atomic mass is 16.5. The largest absolute Gasteiger partial charge is 0.494 e. The molecule has 2 aromatic rings. The molecule has 0 radical (unpaired) electrons. The van der Waals surface area contributed by atoms with Gasteiger partial charge in [-0.25, -0.2) is 4.68 Å². The maximum atomic E-state index is 6.24. The van der Waals surface area contributed by atoms with Crippen LogP contribution in [0.4, 0.5) is 0 Å². The zero-order chi connectivity index (χ0) is 11.9. The van der Waals surface area contributed by atoms with E-state index in [2.05, 4.69) is 5.10 Å². The minimum absolute atomic E-state index is 0.197. The molecule has 4 nitrogen and oxygen atoms in total. The quantitative estimate of drug-likeness (QED) is 0.873. The molecule has 4 heteroatoms. The van der Waals surface area contributed by atoms with Gasteiger partial charge in [0.05, 0.1) is 18.3 Å². The Kier molecular flexibility index (Phi) is 2.19. The smallest absolute Gasteiger partial charge is 0.144 e. The average Bonchev–Trinajstić information content (AvgIpc) is 2.94. The van der Waals surface area contributed by atoms with Crippen molar-refractivity contribution in [2.24, 2.45) is 5.73 Å². The van der Waals surface area contributed by atoms with Gasteiger partial charge in [-0.2, -0.15) is 5.10 Å². The van der Waals surface area contributed by atoms with E-state index in [1.54, 1.807) is 13.3 Å². The van der Waals surface area contributed by atoms with E-state index in [0.717, 1.165) is 30.0 Å². The Hall–Kier alpha value is -1.81. The lowest BCUT2D eigenvalue weighted by Gasteiger charge is -2.14. The van der Waals surface area contributed by atoms with Crippen molar-refractivity contribution in [1.82, 2.24) is 9.78 Å². The highest BCUT2D eigenvalue weighted by molar-refractivity contribution is 5.48. The Bertz CT molecular complexity index is 543. The summed E-state index contributed by atoms with van der Waals surface area (Å²) < 4.78 is 7.24. The Morgan fingerprint density at radius 1 is 1.29 bits per heavy atom. The van der Waals surface area contributed by atoms with Crippen LogP contribution in [0.25, 0.3) is 5.69 Å². The van der Waals surface area contributed by atoms with Crippen LogP contribution in [0.3, 0.4) is 0 Å². The van der Waals surface area contributed by atoms with Crippen LogP contribution >= 0.6 is 0 Å². The van der Waals surface area contributed by atoms with Gasteiger partial charge in [-0.05, 0) is 31.0 Å². The second-order valence-corrected chi connectivity index (χ2v) is 4.46. The van der Waals surface area contributed by atoms with Crippen molar-refractivity contribution in [3.8, 4) is 11.4 Å². The van der Waals surface area contributed by atoms with E-state index in [1.807, 2.05) is 35.0 Å². The van der Waals surface area contributed by atoms with Gasteiger partial charge < -0.3 is 10.5 Å². The summed E-state index contributed by atoms with van der Waals surface area (Å²) in [6.07, 6.45) is 3.83. The van der Waals surface area contributed by atoms with Gasteiger partial charge in [-0.3, -0.25) is 0 Å². The van der Waals surface area contributed by atoms with Gasteiger partial charge in [-0.15, -0.1) is 0 Å². The minimum atomic E-state index is -0.197. The maximum Gasteiger partial charge on any atom is 0.144 e. The predicted molar refractivity (Wildman–Crippen MR) is 65.2 cm³/mol. The van der Waals surface area contributed by atoms with Crippen LogP contribution in [0, 0.1) is 0 Å². The highest BCUT2D eigenvalue weighted by Gasteiger charge is 2.43. The van der Waals surface area contributed by atoms with Crippen molar-refractivity contribution in [2.75, 3.05) is 7.11 Å². The summed E-state index contributed by atoms with van der Waals surface area (Å²) in [7, 11) is 1.66. The molecule has 1 fully saturated rings. The van der Waals surface area contributed by atoms with Gasteiger partial charge >= 0.3 is 0 Å². The third kappa shape index (κ3) is 1.61. The first-order valence-electron chi connectivity index (χ1n) is 5.71. The normalized spacial score (nSPS) is 16.8. The van der Waals surface area contributed by atoms with Crippen LogP contribution in [0.2, 0.25) is 0 Å². The number of ether oxygens (including phenoxy) is 1. The molecule has 0 saturated heterocycles. The van der Waals surface area contributed by atoms with Crippen molar-refractivity contribution in [3.05, 3.63) is 42.2 Å². The summed E-state index contributed by atoms with van der Waals surface area (Å²) in [6.45, 7) is 0. The molecule has 0 spiro atoms. The Balaban J connectivity index is 2.12. The number of rotatable bonds is 3. The fourth-order valence-electron chi connectivity index (χ4n) is 2.07. The first-order chi connectivity index (χ1) is 8.24. The van der Waals surface area contributed by atoms with E-state index >= 15 is 0 Å². The lowest BCUT2D eigenvalue weighted by molar-refractivity contribution is 0.410. The first kappa shape index (κ1) is 10.4. The summed E-state index contributed by atoms with van der Waals surface area (Å²) >= 11 is 0. The molecule has 1 saturated carbocycles. The second-order valence-electron chi connectivity index (χ2n) is 4.46. The number of aromatic nitrogens is 2. The minimum Gasteiger partial charge on any atom is -0.494 e. The lowest BCUT2D eigenvalue weighted by Crippen LogP contribution is -2.23. The van der Waals surface area contributed by atoms with E-state index in [0.29, 0.717) is 0 Å². The maximum absolute atomic E-state index is 6.24. The molecule has 3 rings (SSSR count). The number of nitrogens with two attached hydrogens (primary N) is 1. The van der Waals surface area contributed by atoms with Crippen molar-refractivity contribution in [3.63, 3.8) is 0 Å². The molecule has 0 bridgehead atoms. The molecule has 1 aromatic carbocycles. The molecule has 88 valence electrons. The molecular weight excluding hydrogens is 214 g/mol. The molecule has 0 amide bonds. The number of para-hydroxylation sites is 2. The summed E-state index contributed by atoms with van der Waals surface area (Å²) in [5.74, 6) is 0.807. The Morgan fingerprint density at radius 3 is 2.76 bits per heavy atom. The molecule has 1 aliphatic rings. The Labute approximate surface area is 100 Å². The third-order valence-electron chi connectivity index (χ3n) is 3.25. The average molecular weight is 229 g/mol. The van der Waals surface area contributed by atoms with E-state index in [4.69, 9.17) is 10.5 Å². The SMILES string of the molecule is COc1ccccc1-n1nccc1C1(N)CC1. The van der Waals surface area contributed by atoms with Crippen LogP contribution in [0.1, 0.15) is 18.5 Å². The summed E-state index contributed by atoms with van der Waals surface area (Å²) in [5, 5.41) is 4.36. The van der Waals surface area contributed by atoms with Crippen LogP contribution in [-0.4, -0.2) is 16.9 Å². The fraction of sp³-hybridized carbons (Fsp3) is 0.308. The summed E-state index contributed by atoms with van der Waals surface area (Å²) in [4.78, 5) is 0. The lowest BCUT2D eigenvalue weighted by atomic mass is 10.2. The molecule has 0 unspecified atom stereocenters. The molecule has 17 heavy (non-hydrogen) atoms. The number of nitrogens with zero attached hydrogens (tertiary/aromatic N) is 2. The molecule has 0 atom stereocenters. The molecule has 1 aliphatic carbocycles. The van der Waals surface area contributed by atoms with E-state index in [-0.39, 0.29) is 5.54 Å². The van der Waals surface area contributed by atoms with Crippen LogP contribution in [0.15, 0.2) is 36.5 Å². The number of benzene rings is 1. The molecule has 1 aromatic heterocycles. The van der Waals surface area contributed by atoms with Crippen LogP contribution < -0.4 is 10.5 Å². The van der Waals surface area contributed by atoms with Gasteiger partial charge in [0.15, 0.2) is 0 Å². The molecule has 2 N–H and O–H groups in total. The van der Waals surface area contributed by atoms with Gasteiger partial charge in [0, 0.05) is 6.20 Å². The van der Waals surface area contributed by atoms with Gasteiger partial charge in [0.25, 0.3) is 0 Å². The van der Waals surface area contributed by atoms with Crippen molar-refractivity contribution >= 4 is 0 Å². The molecular formula is C13H15N3O. The van der Waals surface area contributed by atoms with E-state index in [1.165, 1.54) is 0 Å². The zero-order valence-electron chi connectivity index (χ0n) is 9.76. The predicted octanol–water partition coefficient (Wildman–Crippen LogP) is 1.83. The van der Waals surface area contributed by atoms with E-state index in [9.17, 15) is 0 Å². The number of hydrogen-bond acceptors (Lipinski definition) is 3. The number of methoxy groups -OCH3 is 1. The second kappa shape index (κ2) is 3.60. The monoisotopic (exact) mass is 229 g/mol. The van der Waals surface area contributed by atoms with Gasteiger partial charge in [-0.1, -0.05) is 12.1 Å². The van der Waals surface area contributed by atoms with Crippen LogP contribution in [-0.2, 0) is 5.54 Å². The first-order valence-corrected chi connectivity index (χ1v) is 5.71. The number of hydrogen-bond donors (Lipinski definition) is 1. The Morgan fingerprint density at radius 2 is 2.06 bits per heavy atom. The topological polar surface area (TPSA) is 53.1 Å². The summed E-state index contributed by atoms with van der Waals surface area (Å²) in [6, 6.07) is 9.82. The van der Waals surface area contributed by atoms with Crippen LogP contribution in [0.5, 0.6) is 5.75 Å². The molecule has 1 heterocycles. The summed E-state index contributed by atoms with van der Waals surface area (Å²) in [5.41, 5.74) is 8.04. The standard InChI is InChI=1S/C13H15N3O/c1-17-11-5-3-2-4-10(11)16-12(6-9-15-16)13(14)7-8-13/h2-6,9H,7-8,14H2,1H3. The van der Waals surface area contributed by atoms with Crippen molar-refractivity contribution < 1.29 is 4.74 Å². The van der Waals surface area contributed by atoms with Gasteiger partial charge in [0.1, 0.15) is 11.4 Å². The van der Waals surface area contributed by atoms with E-state index < -0.39 is 0 Å². The third-order valence-corrected chi connectivity index (χ3v) is 3.25.